The predicted octanol–water partition coefficient (Wildman–Crippen LogP) is 2.90. The Morgan fingerprint density at radius 1 is 0.964 bits per heavy atom. The monoisotopic (exact) mass is 402 g/mol. The predicted molar refractivity (Wildman–Crippen MR) is 105 cm³/mol. The molecule has 0 aliphatic carbocycles. The van der Waals surface area contributed by atoms with E-state index in [0.29, 0.717) is 18.7 Å². The number of sulfonamides is 1. The van der Waals surface area contributed by atoms with E-state index in [2.05, 4.69) is 9.46 Å². The fraction of sp³-hybridized carbons (Fsp3) is 0.300. The van der Waals surface area contributed by atoms with Crippen LogP contribution in [-0.2, 0) is 14.8 Å². The lowest BCUT2D eigenvalue weighted by Crippen LogP contribution is -2.36. The van der Waals surface area contributed by atoms with Crippen molar-refractivity contribution in [2.45, 2.75) is 24.2 Å². The molecule has 7 nitrogen and oxygen atoms in total. The number of piperidine rings is 1. The Morgan fingerprint density at radius 2 is 1.61 bits per heavy atom. The third-order valence-electron chi connectivity index (χ3n) is 4.63. The Morgan fingerprint density at radius 3 is 2.25 bits per heavy atom. The van der Waals surface area contributed by atoms with Crippen molar-refractivity contribution in [3.63, 3.8) is 0 Å². The molecule has 0 radical (unpaired) electrons. The minimum atomic E-state index is -3.92. The van der Waals surface area contributed by atoms with E-state index in [1.54, 1.807) is 29.2 Å². The number of esters is 1. The van der Waals surface area contributed by atoms with Gasteiger partial charge in [-0.15, -0.1) is 0 Å². The van der Waals surface area contributed by atoms with Crippen molar-refractivity contribution in [3.05, 3.63) is 59.7 Å². The molecule has 0 spiro atoms. The van der Waals surface area contributed by atoms with Gasteiger partial charge in [0.1, 0.15) is 0 Å². The molecule has 1 aliphatic heterocycles. The lowest BCUT2D eigenvalue weighted by Gasteiger charge is -2.27. The fourth-order valence-electron chi connectivity index (χ4n) is 3.12. The summed E-state index contributed by atoms with van der Waals surface area (Å²) >= 11 is 0. The molecule has 1 N–H and O–H groups in total. The van der Waals surface area contributed by atoms with Crippen LogP contribution in [0.2, 0.25) is 0 Å². The number of carbonyl (C=O) groups is 2. The second-order valence-electron chi connectivity index (χ2n) is 6.52. The van der Waals surface area contributed by atoms with Crippen molar-refractivity contribution >= 4 is 27.6 Å². The van der Waals surface area contributed by atoms with Crippen LogP contribution in [0.3, 0.4) is 0 Å². The van der Waals surface area contributed by atoms with Gasteiger partial charge in [-0.1, -0.05) is 12.1 Å². The molecule has 3 rings (SSSR count). The highest BCUT2D eigenvalue weighted by Crippen LogP contribution is 2.23. The molecule has 8 heteroatoms. The zero-order chi connectivity index (χ0) is 20.1. The average Bonchev–Trinajstić information content (AvgIpc) is 2.73. The summed E-state index contributed by atoms with van der Waals surface area (Å²) in [5.74, 6) is -0.728. The maximum atomic E-state index is 12.8. The van der Waals surface area contributed by atoms with E-state index in [9.17, 15) is 18.0 Å². The van der Waals surface area contributed by atoms with Gasteiger partial charge in [0, 0.05) is 13.1 Å². The zero-order valence-electron chi connectivity index (χ0n) is 15.6. The first kappa shape index (κ1) is 19.9. The molecular formula is C20H22N2O5S. The molecule has 0 bridgehead atoms. The van der Waals surface area contributed by atoms with E-state index in [0.717, 1.165) is 19.3 Å². The number of benzene rings is 2. The van der Waals surface area contributed by atoms with Gasteiger partial charge in [-0.05, 0) is 55.7 Å². The fourth-order valence-corrected chi connectivity index (χ4v) is 4.20. The van der Waals surface area contributed by atoms with Crippen LogP contribution in [0.4, 0.5) is 5.69 Å². The van der Waals surface area contributed by atoms with E-state index in [1.165, 1.54) is 31.4 Å². The van der Waals surface area contributed by atoms with Gasteiger partial charge in [-0.3, -0.25) is 9.52 Å². The summed E-state index contributed by atoms with van der Waals surface area (Å²) in [6.45, 7) is 1.35. The van der Waals surface area contributed by atoms with Crippen LogP contribution in [0, 0.1) is 0 Å². The highest BCUT2D eigenvalue weighted by molar-refractivity contribution is 7.92. The molecule has 28 heavy (non-hydrogen) atoms. The number of nitrogens with one attached hydrogen (secondary N) is 1. The van der Waals surface area contributed by atoms with Gasteiger partial charge < -0.3 is 9.64 Å². The average molecular weight is 402 g/mol. The first-order valence-electron chi connectivity index (χ1n) is 9.02. The third kappa shape index (κ3) is 4.33. The minimum Gasteiger partial charge on any atom is -0.465 e. The van der Waals surface area contributed by atoms with Crippen LogP contribution < -0.4 is 4.72 Å². The van der Waals surface area contributed by atoms with Crippen molar-refractivity contribution in [2.24, 2.45) is 0 Å². The second kappa shape index (κ2) is 8.43. The number of carbonyl (C=O) groups excluding carboxylic acids is 2. The number of anilines is 1. The van der Waals surface area contributed by atoms with Gasteiger partial charge in [0.15, 0.2) is 0 Å². The summed E-state index contributed by atoms with van der Waals surface area (Å²) < 4.78 is 32.6. The Balaban J connectivity index is 1.84. The number of methoxy groups -OCH3 is 1. The van der Waals surface area contributed by atoms with Gasteiger partial charge in [0.2, 0.25) is 0 Å². The van der Waals surface area contributed by atoms with Gasteiger partial charge >= 0.3 is 5.97 Å². The quantitative estimate of drug-likeness (QED) is 0.777. The Labute approximate surface area is 164 Å². The van der Waals surface area contributed by atoms with E-state index >= 15 is 0 Å². The molecule has 0 atom stereocenters. The number of amides is 1. The smallest absolute Gasteiger partial charge is 0.337 e. The standard InChI is InChI=1S/C20H22N2O5S/c1-27-20(24)15-9-11-16(12-10-15)28(25,26)21-18-8-4-3-7-17(18)19(23)22-13-5-2-6-14-22/h3-4,7-12,21H,2,5-6,13-14H2,1H3. The molecule has 0 unspecified atom stereocenters. The number of ether oxygens (including phenoxy) is 1. The molecule has 2 aromatic rings. The number of para-hydroxylation sites is 1. The Hall–Kier alpha value is -2.87. The van der Waals surface area contributed by atoms with E-state index in [-0.39, 0.29) is 22.1 Å². The number of hydrogen-bond donors (Lipinski definition) is 1. The van der Waals surface area contributed by atoms with Crippen LogP contribution >= 0.6 is 0 Å². The molecule has 1 fully saturated rings. The highest BCUT2D eigenvalue weighted by Gasteiger charge is 2.23. The zero-order valence-corrected chi connectivity index (χ0v) is 16.4. The summed E-state index contributed by atoms with van der Waals surface area (Å²) in [7, 11) is -2.67. The van der Waals surface area contributed by atoms with E-state index in [1.807, 2.05) is 0 Å². The SMILES string of the molecule is COC(=O)c1ccc(S(=O)(=O)Nc2ccccc2C(=O)N2CCCCC2)cc1. The molecule has 0 saturated carbocycles. The molecule has 1 heterocycles. The molecular weight excluding hydrogens is 380 g/mol. The Kier molecular flexibility index (Phi) is 5.99. The van der Waals surface area contributed by atoms with Gasteiger partial charge in [-0.25, -0.2) is 13.2 Å². The highest BCUT2D eigenvalue weighted by atomic mass is 32.2. The summed E-state index contributed by atoms with van der Waals surface area (Å²) in [5, 5.41) is 0. The summed E-state index contributed by atoms with van der Waals surface area (Å²) in [6, 6.07) is 12.0. The summed E-state index contributed by atoms with van der Waals surface area (Å²) in [5.41, 5.74) is 0.802. The minimum absolute atomic E-state index is 0.0135. The first-order chi connectivity index (χ1) is 13.4. The normalized spacial score (nSPS) is 14.4. The maximum absolute atomic E-state index is 12.8. The van der Waals surface area contributed by atoms with Crippen molar-refractivity contribution in [1.82, 2.24) is 4.90 Å². The van der Waals surface area contributed by atoms with Crippen LogP contribution in [0.15, 0.2) is 53.4 Å². The van der Waals surface area contributed by atoms with Crippen molar-refractivity contribution in [2.75, 3.05) is 24.9 Å². The Bertz CT molecular complexity index is 964. The van der Waals surface area contributed by atoms with Gasteiger partial charge in [0.05, 0.1) is 28.8 Å². The molecule has 1 amide bonds. The second-order valence-corrected chi connectivity index (χ2v) is 8.20. The molecule has 2 aromatic carbocycles. The number of rotatable bonds is 5. The first-order valence-corrected chi connectivity index (χ1v) is 10.5. The van der Waals surface area contributed by atoms with Gasteiger partial charge in [-0.2, -0.15) is 0 Å². The van der Waals surface area contributed by atoms with Gasteiger partial charge in [0.25, 0.3) is 15.9 Å². The summed E-state index contributed by atoms with van der Waals surface area (Å²) in [4.78, 5) is 26.1. The van der Waals surface area contributed by atoms with Crippen LogP contribution in [0.1, 0.15) is 40.0 Å². The lowest BCUT2D eigenvalue weighted by atomic mass is 10.1. The molecule has 1 saturated heterocycles. The number of hydrogen-bond acceptors (Lipinski definition) is 5. The van der Waals surface area contributed by atoms with E-state index < -0.39 is 16.0 Å². The van der Waals surface area contributed by atoms with Crippen molar-refractivity contribution < 1.29 is 22.7 Å². The largest absolute Gasteiger partial charge is 0.465 e. The van der Waals surface area contributed by atoms with Crippen LogP contribution in [0.25, 0.3) is 0 Å². The van der Waals surface area contributed by atoms with Crippen LogP contribution in [0.5, 0.6) is 0 Å². The topological polar surface area (TPSA) is 92.8 Å². The molecule has 148 valence electrons. The van der Waals surface area contributed by atoms with E-state index in [4.69, 9.17) is 0 Å². The van der Waals surface area contributed by atoms with Crippen molar-refractivity contribution in [1.29, 1.82) is 0 Å². The number of likely N-dealkylation sites (tertiary alicyclic amines) is 1. The lowest BCUT2D eigenvalue weighted by molar-refractivity contribution is 0.0600. The molecule has 0 aromatic heterocycles. The molecule has 1 aliphatic rings. The third-order valence-corrected chi connectivity index (χ3v) is 6.01. The summed E-state index contributed by atoms with van der Waals surface area (Å²) in [6.07, 6.45) is 3.00. The van der Waals surface area contributed by atoms with Crippen molar-refractivity contribution in [3.8, 4) is 0 Å². The maximum Gasteiger partial charge on any atom is 0.337 e. The van der Waals surface area contributed by atoms with Crippen LogP contribution in [-0.4, -0.2) is 45.4 Å². The number of nitrogens with zero attached hydrogens (tertiary/aromatic N) is 1.